The number of thiocarbonyl (C=S) groups is 1. The molecule has 1 heterocycles. The number of hydrogen-bond acceptors (Lipinski definition) is 3. The van der Waals surface area contributed by atoms with Gasteiger partial charge in [0.1, 0.15) is 4.99 Å². The third-order valence-corrected chi connectivity index (χ3v) is 4.00. The van der Waals surface area contributed by atoms with Gasteiger partial charge in [-0.05, 0) is 31.2 Å². The van der Waals surface area contributed by atoms with Crippen molar-refractivity contribution >= 4 is 40.1 Å². The molecule has 1 amide bonds. The lowest BCUT2D eigenvalue weighted by Gasteiger charge is -2.19. The van der Waals surface area contributed by atoms with Gasteiger partial charge >= 0.3 is 0 Å². The van der Waals surface area contributed by atoms with Crippen LogP contribution >= 0.6 is 23.6 Å². The zero-order valence-corrected chi connectivity index (χ0v) is 12.3. The van der Waals surface area contributed by atoms with Crippen LogP contribution in [-0.4, -0.2) is 17.9 Å². The van der Waals surface area contributed by atoms with Crippen LogP contribution in [0.3, 0.4) is 0 Å². The minimum Gasteiger partial charge on any atom is -0.389 e. The van der Waals surface area contributed by atoms with E-state index in [1.165, 1.54) is 11.3 Å². The molecule has 0 aliphatic rings. The highest BCUT2D eigenvalue weighted by atomic mass is 32.1. The van der Waals surface area contributed by atoms with Gasteiger partial charge in [-0.15, -0.1) is 11.3 Å². The summed E-state index contributed by atoms with van der Waals surface area (Å²) in [5.74, 6) is -0.0539. The Hall–Kier alpha value is -1.72. The molecule has 5 heteroatoms. The molecule has 0 aliphatic heterocycles. The molecule has 0 saturated heterocycles. The van der Waals surface area contributed by atoms with Gasteiger partial charge in [0.25, 0.3) is 5.91 Å². The summed E-state index contributed by atoms with van der Waals surface area (Å²) in [4.78, 5) is 16.1. The molecule has 0 atom stereocenters. The predicted octanol–water partition coefficient (Wildman–Crippen LogP) is 2.97. The Morgan fingerprint density at radius 2 is 1.95 bits per heavy atom. The van der Waals surface area contributed by atoms with E-state index in [-0.39, 0.29) is 10.9 Å². The van der Waals surface area contributed by atoms with E-state index in [1.807, 2.05) is 43.3 Å². The Labute approximate surface area is 121 Å². The fourth-order valence-electron chi connectivity index (χ4n) is 1.80. The van der Waals surface area contributed by atoms with Crippen molar-refractivity contribution in [1.82, 2.24) is 0 Å². The summed E-state index contributed by atoms with van der Waals surface area (Å²) in [6.45, 7) is 1.98. The van der Waals surface area contributed by atoms with E-state index in [0.29, 0.717) is 10.4 Å². The average Bonchev–Trinajstić information content (AvgIpc) is 2.83. The molecule has 0 radical (unpaired) electrons. The summed E-state index contributed by atoms with van der Waals surface area (Å²) in [5.41, 5.74) is 7.13. The van der Waals surface area contributed by atoms with Gasteiger partial charge in [-0.1, -0.05) is 24.4 Å². The Kier molecular flexibility index (Phi) is 3.97. The molecule has 1 aromatic heterocycles. The van der Waals surface area contributed by atoms with Crippen LogP contribution in [0.2, 0.25) is 0 Å². The molecule has 0 fully saturated rings. The molecule has 2 aromatic rings. The van der Waals surface area contributed by atoms with Gasteiger partial charge in [-0.25, -0.2) is 0 Å². The van der Waals surface area contributed by atoms with Crippen LogP contribution in [-0.2, 0) is 0 Å². The molecule has 0 bridgehead atoms. The van der Waals surface area contributed by atoms with Crippen molar-refractivity contribution in [3.05, 3.63) is 51.7 Å². The number of benzene rings is 1. The van der Waals surface area contributed by atoms with Crippen molar-refractivity contribution in [1.29, 1.82) is 0 Å². The first-order valence-electron chi connectivity index (χ1n) is 5.74. The van der Waals surface area contributed by atoms with E-state index in [4.69, 9.17) is 18.0 Å². The van der Waals surface area contributed by atoms with Gasteiger partial charge in [-0.3, -0.25) is 4.79 Å². The van der Waals surface area contributed by atoms with Crippen LogP contribution in [0.1, 0.15) is 20.1 Å². The van der Waals surface area contributed by atoms with E-state index in [2.05, 4.69) is 0 Å². The first kappa shape index (κ1) is 13.7. The van der Waals surface area contributed by atoms with E-state index < -0.39 is 0 Å². The third kappa shape index (κ3) is 2.83. The Morgan fingerprint density at radius 1 is 1.26 bits per heavy atom. The topological polar surface area (TPSA) is 46.3 Å². The maximum Gasteiger partial charge on any atom is 0.268 e. The van der Waals surface area contributed by atoms with Crippen molar-refractivity contribution in [2.75, 3.05) is 11.9 Å². The molecule has 0 unspecified atom stereocenters. The second-order valence-corrected chi connectivity index (χ2v) is 5.88. The average molecular weight is 290 g/mol. The number of thiophene rings is 1. The maximum absolute atomic E-state index is 12.4. The second-order valence-electron chi connectivity index (χ2n) is 4.16. The fourth-order valence-corrected chi connectivity index (χ4v) is 2.81. The normalized spacial score (nSPS) is 10.2. The zero-order valence-electron chi connectivity index (χ0n) is 10.7. The van der Waals surface area contributed by atoms with E-state index >= 15 is 0 Å². The Bertz CT molecular complexity index is 634. The van der Waals surface area contributed by atoms with Gasteiger partial charge in [0.15, 0.2) is 0 Å². The maximum atomic E-state index is 12.4. The van der Waals surface area contributed by atoms with Gasteiger partial charge < -0.3 is 10.6 Å². The van der Waals surface area contributed by atoms with Gasteiger partial charge in [0, 0.05) is 17.5 Å². The fraction of sp³-hybridized carbons (Fsp3) is 0.143. The number of rotatable bonds is 3. The zero-order chi connectivity index (χ0) is 14.0. The summed E-state index contributed by atoms with van der Waals surface area (Å²) in [5, 5.41) is 0. The molecule has 19 heavy (non-hydrogen) atoms. The number of nitrogens with two attached hydrogens (primary N) is 1. The Morgan fingerprint density at radius 3 is 2.53 bits per heavy atom. The SMILES string of the molecule is Cc1ccc(C(=O)N(C)c2ccccc2C(N)=S)s1. The van der Waals surface area contributed by atoms with Crippen molar-refractivity contribution in [3.8, 4) is 0 Å². The van der Waals surface area contributed by atoms with Gasteiger partial charge in [0.05, 0.1) is 10.6 Å². The number of hydrogen-bond donors (Lipinski definition) is 1. The lowest BCUT2D eigenvalue weighted by atomic mass is 10.1. The molecule has 3 nitrogen and oxygen atoms in total. The quantitative estimate of drug-likeness (QED) is 0.884. The minimum absolute atomic E-state index is 0.0539. The second kappa shape index (κ2) is 5.50. The number of carbonyl (C=O) groups excluding carboxylic acids is 1. The molecule has 0 aliphatic carbocycles. The molecular formula is C14H14N2OS2. The van der Waals surface area contributed by atoms with Crippen molar-refractivity contribution in [3.63, 3.8) is 0 Å². The summed E-state index contributed by atoms with van der Waals surface area (Å²) in [7, 11) is 1.73. The first-order valence-corrected chi connectivity index (χ1v) is 6.96. The third-order valence-electron chi connectivity index (χ3n) is 2.79. The molecule has 98 valence electrons. The van der Waals surface area contributed by atoms with Crippen molar-refractivity contribution in [2.24, 2.45) is 5.73 Å². The highest BCUT2D eigenvalue weighted by Crippen LogP contribution is 2.23. The van der Waals surface area contributed by atoms with Crippen LogP contribution < -0.4 is 10.6 Å². The monoisotopic (exact) mass is 290 g/mol. The summed E-state index contributed by atoms with van der Waals surface area (Å²) >= 11 is 6.50. The smallest absolute Gasteiger partial charge is 0.268 e. The number of nitrogens with zero attached hydrogens (tertiary/aromatic N) is 1. The number of amides is 1. The molecule has 0 saturated carbocycles. The van der Waals surface area contributed by atoms with Crippen LogP contribution in [0.15, 0.2) is 36.4 Å². The lowest BCUT2D eigenvalue weighted by molar-refractivity contribution is 0.0997. The highest BCUT2D eigenvalue weighted by molar-refractivity contribution is 7.80. The van der Waals surface area contributed by atoms with E-state index in [0.717, 1.165) is 10.6 Å². The summed E-state index contributed by atoms with van der Waals surface area (Å²) < 4.78 is 0. The van der Waals surface area contributed by atoms with Crippen molar-refractivity contribution < 1.29 is 4.79 Å². The van der Waals surface area contributed by atoms with E-state index in [9.17, 15) is 4.79 Å². The molecule has 2 N–H and O–H groups in total. The number of carbonyl (C=O) groups is 1. The number of anilines is 1. The highest BCUT2D eigenvalue weighted by Gasteiger charge is 2.18. The molecular weight excluding hydrogens is 276 g/mol. The van der Waals surface area contributed by atoms with Crippen LogP contribution in [0.25, 0.3) is 0 Å². The molecule has 1 aromatic carbocycles. The minimum atomic E-state index is -0.0539. The number of para-hydroxylation sites is 1. The first-order chi connectivity index (χ1) is 9.00. The predicted molar refractivity (Wildman–Crippen MR) is 84.1 cm³/mol. The van der Waals surface area contributed by atoms with Crippen molar-refractivity contribution in [2.45, 2.75) is 6.92 Å². The summed E-state index contributed by atoms with van der Waals surface area (Å²) in [6, 6.07) is 11.1. The van der Waals surface area contributed by atoms with Crippen LogP contribution in [0.5, 0.6) is 0 Å². The van der Waals surface area contributed by atoms with Gasteiger partial charge in [-0.2, -0.15) is 0 Å². The van der Waals surface area contributed by atoms with Crippen LogP contribution in [0, 0.1) is 6.92 Å². The van der Waals surface area contributed by atoms with Crippen LogP contribution in [0.4, 0.5) is 5.69 Å². The van der Waals surface area contributed by atoms with E-state index in [1.54, 1.807) is 11.9 Å². The standard InChI is InChI=1S/C14H14N2OS2/c1-9-7-8-12(19-9)14(17)16(2)11-6-4-3-5-10(11)13(15)18/h3-8H,1-2H3,(H2,15,18). The molecule has 0 spiro atoms. The largest absolute Gasteiger partial charge is 0.389 e. The molecule has 2 rings (SSSR count). The number of aryl methyl sites for hydroxylation is 1. The summed E-state index contributed by atoms with van der Waals surface area (Å²) in [6.07, 6.45) is 0. The Balaban J connectivity index is 2.37. The van der Waals surface area contributed by atoms with Gasteiger partial charge in [0.2, 0.25) is 0 Å². The lowest BCUT2D eigenvalue weighted by Crippen LogP contribution is -2.28.